The number of benzene rings is 1. The number of fused-ring (bicyclic) bond motifs is 1. The number of nitrogens with zero attached hydrogens (tertiary/aromatic N) is 3. The molecule has 3 N–H and O–H groups in total. The highest BCUT2D eigenvalue weighted by Gasteiger charge is 2.36. The number of nitro benzene ring substituents is 1. The molecule has 0 aliphatic carbocycles. The molecular weight excluding hydrogens is 358 g/mol. The molecule has 1 aliphatic heterocycles. The molecule has 0 saturated heterocycles. The molecule has 1 aromatic rings. The third kappa shape index (κ3) is 4.26. The molecule has 0 aromatic heterocycles. The summed E-state index contributed by atoms with van der Waals surface area (Å²) in [5.41, 5.74) is 5.18. The van der Waals surface area contributed by atoms with Crippen molar-refractivity contribution < 1.29 is 24.1 Å². The monoisotopic (exact) mass is 377 g/mol. The molecule has 1 aromatic carbocycles. The average molecular weight is 377 g/mol. The van der Waals surface area contributed by atoms with E-state index in [2.05, 4.69) is 5.32 Å². The smallest absolute Gasteiger partial charge is 0.324 e. The minimum atomic E-state index is -0.641. The number of amides is 5. The van der Waals surface area contributed by atoms with Gasteiger partial charge in [-0.15, -0.1) is 0 Å². The first kappa shape index (κ1) is 20.0. The molecule has 5 amide bonds. The Balaban J connectivity index is 1.92. The molecule has 0 fully saturated rings. The molecule has 0 unspecified atom stereocenters. The average Bonchev–Trinajstić information content (AvgIpc) is 2.86. The number of nitrogens with two attached hydrogens (primary N) is 1. The summed E-state index contributed by atoms with van der Waals surface area (Å²) in [5, 5.41) is 13.3. The maximum Gasteiger partial charge on any atom is 0.324 e. The lowest BCUT2D eigenvalue weighted by atomic mass is 10.1. The fraction of sp³-hybridized carbons (Fsp3) is 0.375. The number of nitrogens with one attached hydrogen (secondary N) is 1. The summed E-state index contributed by atoms with van der Waals surface area (Å²) >= 11 is 0. The van der Waals surface area contributed by atoms with E-state index in [1.54, 1.807) is 0 Å². The molecule has 1 aliphatic rings. The van der Waals surface area contributed by atoms with Crippen molar-refractivity contribution in [2.24, 2.45) is 5.73 Å². The van der Waals surface area contributed by atoms with E-state index in [1.807, 2.05) is 0 Å². The lowest BCUT2D eigenvalue weighted by molar-refractivity contribution is -0.384. The normalized spacial score (nSPS) is 12.7. The highest BCUT2D eigenvalue weighted by Crippen LogP contribution is 2.26. The molecule has 11 nitrogen and oxygen atoms in total. The third-order valence-electron chi connectivity index (χ3n) is 3.98. The Morgan fingerprint density at radius 2 is 1.93 bits per heavy atom. The van der Waals surface area contributed by atoms with Crippen molar-refractivity contribution in [1.82, 2.24) is 15.1 Å². The standard InChI is InChI=1S/C16H19N5O6/c1-10(22)19(8-5-17)16(25)18-6-2-7-20-14(23)12-4-3-11(21(26)27)9-13(12)15(20)24/h3-4,9H,2,5-8,17H2,1H3,(H,18,25). The van der Waals surface area contributed by atoms with Gasteiger partial charge in [-0.2, -0.15) is 0 Å². The Morgan fingerprint density at radius 1 is 1.26 bits per heavy atom. The van der Waals surface area contributed by atoms with Crippen LogP contribution in [0.15, 0.2) is 18.2 Å². The number of hydrogen-bond acceptors (Lipinski definition) is 7. The van der Waals surface area contributed by atoms with E-state index in [0.717, 1.165) is 15.9 Å². The summed E-state index contributed by atoms with van der Waals surface area (Å²) < 4.78 is 0. The first-order valence-corrected chi connectivity index (χ1v) is 8.18. The third-order valence-corrected chi connectivity index (χ3v) is 3.98. The zero-order valence-electron chi connectivity index (χ0n) is 14.6. The molecule has 11 heteroatoms. The van der Waals surface area contributed by atoms with E-state index < -0.39 is 28.7 Å². The van der Waals surface area contributed by atoms with Crippen LogP contribution < -0.4 is 11.1 Å². The van der Waals surface area contributed by atoms with E-state index in [0.29, 0.717) is 0 Å². The summed E-state index contributed by atoms with van der Waals surface area (Å²) in [6, 6.07) is 2.90. The molecule has 0 radical (unpaired) electrons. The predicted molar refractivity (Wildman–Crippen MR) is 92.9 cm³/mol. The van der Waals surface area contributed by atoms with Crippen LogP contribution in [0.2, 0.25) is 0 Å². The van der Waals surface area contributed by atoms with Gasteiger partial charge in [-0.1, -0.05) is 0 Å². The minimum absolute atomic E-state index is 0.0102. The van der Waals surface area contributed by atoms with E-state index in [4.69, 9.17) is 5.73 Å². The summed E-state index contributed by atoms with van der Waals surface area (Å²) in [6.07, 6.45) is 0.258. The Hall–Kier alpha value is -3.34. The van der Waals surface area contributed by atoms with Gasteiger partial charge in [0.25, 0.3) is 17.5 Å². The number of urea groups is 1. The van der Waals surface area contributed by atoms with Crippen LogP contribution >= 0.6 is 0 Å². The van der Waals surface area contributed by atoms with Crippen LogP contribution in [0.3, 0.4) is 0 Å². The van der Waals surface area contributed by atoms with Crippen molar-refractivity contribution in [2.75, 3.05) is 26.2 Å². The van der Waals surface area contributed by atoms with Gasteiger partial charge < -0.3 is 11.1 Å². The largest absolute Gasteiger partial charge is 0.338 e. The summed E-state index contributed by atoms with van der Waals surface area (Å²) in [6.45, 7) is 1.61. The Labute approximate surface area is 154 Å². The van der Waals surface area contributed by atoms with Crippen LogP contribution in [0.1, 0.15) is 34.1 Å². The first-order valence-electron chi connectivity index (χ1n) is 8.18. The van der Waals surface area contributed by atoms with Crippen molar-refractivity contribution in [1.29, 1.82) is 0 Å². The van der Waals surface area contributed by atoms with Gasteiger partial charge in [-0.05, 0) is 12.5 Å². The van der Waals surface area contributed by atoms with Crippen LogP contribution in [0.4, 0.5) is 10.5 Å². The van der Waals surface area contributed by atoms with Gasteiger partial charge in [0.15, 0.2) is 0 Å². The fourth-order valence-electron chi connectivity index (χ4n) is 2.65. The lowest BCUT2D eigenvalue weighted by Crippen LogP contribution is -2.45. The topological polar surface area (TPSA) is 156 Å². The van der Waals surface area contributed by atoms with Crippen LogP contribution in [-0.2, 0) is 4.79 Å². The molecule has 0 spiro atoms. The van der Waals surface area contributed by atoms with Gasteiger partial charge in [0.1, 0.15) is 0 Å². The second-order valence-corrected chi connectivity index (χ2v) is 5.79. The summed E-state index contributed by atoms with van der Waals surface area (Å²) in [4.78, 5) is 60.0. The second kappa shape index (κ2) is 8.36. The van der Waals surface area contributed by atoms with Crippen molar-refractivity contribution >= 4 is 29.4 Å². The lowest BCUT2D eigenvalue weighted by Gasteiger charge is -2.19. The number of imide groups is 2. The number of hydrogen-bond donors (Lipinski definition) is 2. The minimum Gasteiger partial charge on any atom is -0.338 e. The summed E-state index contributed by atoms with van der Waals surface area (Å²) in [7, 11) is 0. The van der Waals surface area contributed by atoms with E-state index in [9.17, 15) is 29.3 Å². The second-order valence-electron chi connectivity index (χ2n) is 5.79. The molecular formula is C16H19N5O6. The van der Waals surface area contributed by atoms with E-state index >= 15 is 0 Å². The zero-order valence-corrected chi connectivity index (χ0v) is 14.6. The van der Waals surface area contributed by atoms with Crippen LogP contribution in [0.5, 0.6) is 0 Å². The number of non-ortho nitro benzene ring substituents is 1. The molecule has 144 valence electrons. The van der Waals surface area contributed by atoms with E-state index in [-0.39, 0.29) is 49.4 Å². The van der Waals surface area contributed by atoms with Crippen molar-refractivity contribution in [3.8, 4) is 0 Å². The van der Waals surface area contributed by atoms with Crippen molar-refractivity contribution in [3.63, 3.8) is 0 Å². The van der Waals surface area contributed by atoms with Crippen molar-refractivity contribution in [3.05, 3.63) is 39.4 Å². The van der Waals surface area contributed by atoms with Crippen LogP contribution in [0.25, 0.3) is 0 Å². The summed E-state index contributed by atoms with van der Waals surface area (Å²) in [5.74, 6) is -1.59. The number of nitro groups is 1. The van der Waals surface area contributed by atoms with E-state index in [1.165, 1.54) is 19.1 Å². The maximum atomic E-state index is 12.3. The van der Waals surface area contributed by atoms with Crippen molar-refractivity contribution in [2.45, 2.75) is 13.3 Å². The molecule has 1 heterocycles. The number of rotatable bonds is 7. The molecule has 2 rings (SSSR count). The molecule has 27 heavy (non-hydrogen) atoms. The molecule has 0 bridgehead atoms. The number of carbonyl (C=O) groups is 4. The SMILES string of the molecule is CC(=O)N(CCN)C(=O)NCCCN1C(=O)c2ccc([N+](=O)[O-])cc2C1=O. The maximum absolute atomic E-state index is 12.3. The van der Waals surface area contributed by atoms with Gasteiger partial charge in [0.05, 0.1) is 16.1 Å². The Bertz CT molecular complexity index is 808. The predicted octanol–water partition coefficient (Wildman–Crippen LogP) is 0.0977. The van der Waals surface area contributed by atoms with Gasteiger partial charge in [-0.3, -0.25) is 34.3 Å². The number of carbonyl (C=O) groups excluding carboxylic acids is 4. The van der Waals surface area contributed by atoms with Crippen LogP contribution in [-0.4, -0.2) is 64.7 Å². The Kier molecular flexibility index (Phi) is 6.19. The van der Waals surface area contributed by atoms with Gasteiger partial charge in [0, 0.05) is 45.2 Å². The van der Waals surface area contributed by atoms with Gasteiger partial charge >= 0.3 is 6.03 Å². The van der Waals surface area contributed by atoms with Gasteiger partial charge in [-0.25, -0.2) is 4.79 Å². The van der Waals surface area contributed by atoms with Gasteiger partial charge in [0.2, 0.25) is 5.91 Å². The van der Waals surface area contributed by atoms with Crippen LogP contribution in [0, 0.1) is 10.1 Å². The highest BCUT2D eigenvalue weighted by atomic mass is 16.6. The zero-order chi connectivity index (χ0) is 20.1. The first-order chi connectivity index (χ1) is 12.8. The quantitative estimate of drug-likeness (QED) is 0.295. The molecule has 0 atom stereocenters. The fourth-order valence-corrected chi connectivity index (χ4v) is 2.65. The Morgan fingerprint density at radius 3 is 2.52 bits per heavy atom. The highest BCUT2D eigenvalue weighted by molar-refractivity contribution is 6.21. The molecule has 0 saturated carbocycles.